The molecule has 1 aromatic rings. The van der Waals surface area contributed by atoms with Gasteiger partial charge in [0.25, 0.3) is 0 Å². The molecular formula is C15H24N4O. The molecule has 20 heavy (non-hydrogen) atoms. The minimum Gasteiger partial charge on any atom is -0.390 e. The lowest BCUT2D eigenvalue weighted by Crippen LogP contribution is -2.38. The third-order valence-corrected chi connectivity index (χ3v) is 4.49. The summed E-state index contributed by atoms with van der Waals surface area (Å²) in [6.45, 7) is 5.95. The van der Waals surface area contributed by atoms with Crippen molar-refractivity contribution in [3.63, 3.8) is 0 Å². The SMILES string of the molecule is OCc1cncc(N2CCC(CN3CCCC3)CC2)n1. The van der Waals surface area contributed by atoms with Crippen LogP contribution in [0.3, 0.4) is 0 Å². The number of piperidine rings is 1. The summed E-state index contributed by atoms with van der Waals surface area (Å²) in [6, 6.07) is 0. The molecule has 2 aliphatic rings. The van der Waals surface area contributed by atoms with E-state index in [2.05, 4.69) is 19.8 Å². The second-order valence-electron chi connectivity index (χ2n) is 5.96. The number of aliphatic hydroxyl groups is 1. The predicted molar refractivity (Wildman–Crippen MR) is 78.6 cm³/mol. The zero-order valence-electron chi connectivity index (χ0n) is 12.0. The molecule has 0 unspecified atom stereocenters. The minimum atomic E-state index is -0.0355. The molecule has 1 aromatic heterocycles. The number of rotatable bonds is 4. The van der Waals surface area contributed by atoms with Gasteiger partial charge in [-0.2, -0.15) is 0 Å². The van der Waals surface area contributed by atoms with E-state index in [1.54, 1.807) is 12.4 Å². The van der Waals surface area contributed by atoms with Gasteiger partial charge in [-0.3, -0.25) is 4.98 Å². The van der Waals surface area contributed by atoms with E-state index in [1.807, 2.05) is 0 Å². The highest BCUT2D eigenvalue weighted by Gasteiger charge is 2.23. The van der Waals surface area contributed by atoms with E-state index in [0.717, 1.165) is 24.8 Å². The Labute approximate surface area is 120 Å². The largest absolute Gasteiger partial charge is 0.390 e. The monoisotopic (exact) mass is 276 g/mol. The zero-order chi connectivity index (χ0) is 13.8. The Morgan fingerprint density at radius 2 is 1.85 bits per heavy atom. The number of hydrogen-bond acceptors (Lipinski definition) is 5. The molecule has 0 amide bonds. The first-order valence-corrected chi connectivity index (χ1v) is 7.74. The van der Waals surface area contributed by atoms with Gasteiger partial charge in [0.15, 0.2) is 0 Å². The van der Waals surface area contributed by atoms with Crippen LogP contribution in [0.1, 0.15) is 31.4 Å². The zero-order valence-corrected chi connectivity index (χ0v) is 12.0. The van der Waals surface area contributed by atoms with Crippen molar-refractivity contribution in [3.05, 3.63) is 18.1 Å². The van der Waals surface area contributed by atoms with Crippen molar-refractivity contribution in [2.75, 3.05) is 37.6 Å². The Bertz CT molecular complexity index is 426. The molecule has 3 rings (SSSR count). The summed E-state index contributed by atoms with van der Waals surface area (Å²) >= 11 is 0. The standard InChI is InChI=1S/C15H24N4O/c20-12-14-9-16-10-15(17-14)19-7-3-13(4-8-19)11-18-5-1-2-6-18/h9-10,13,20H,1-8,11-12H2. The molecule has 0 bridgehead atoms. The number of hydrogen-bond donors (Lipinski definition) is 1. The third-order valence-electron chi connectivity index (χ3n) is 4.49. The number of likely N-dealkylation sites (tertiary alicyclic amines) is 1. The van der Waals surface area contributed by atoms with Crippen molar-refractivity contribution in [3.8, 4) is 0 Å². The van der Waals surface area contributed by atoms with E-state index >= 15 is 0 Å². The Hall–Kier alpha value is -1.20. The van der Waals surface area contributed by atoms with Crippen LogP contribution < -0.4 is 4.90 Å². The molecular weight excluding hydrogens is 252 g/mol. The maximum absolute atomic E-state index is 9.14. The molecule has 0 aliphatic carbocycles. The molecule has 5 nitrogen and oxygen atoms in total. The van der Waals surface area contributed by atoms with E-state index in [0.29, 0.717) is 5.69 Å². The van der Waals surface area contributed by atoms with E-state index < -0.39 is 0 Å². The van der Waals surface area contributed by atoms with Crippen LogP contribution in [0.15, 0.2) is 12.4 Å². The molecule has 3 heterocycles. The van der Waals surface area contributed by atoms with E-state index in [9.17, 15) is 0 Å². The highest BCUT2D eigenvalue weighted by molar-refractivity contribution is 5.36. The molecule has 2 saturated heterocycles. The van der Waals surface area contributed by atoms with Crippen LogP contribution in [0.4, 0.5) is 5.82 Å². The lowest BCUT2D eigenvalue weighted by atomic mass is 9.96. The quantitative estimate of drug-likeness (QED) is 0.898. The molecule has 0 radical (unpaired) electrons. The summed E-state index contributed by atoms with van der Waals surface area (Å²) in [5.41, 5.74) is 0.654. The van der Waals surface area contributed by atoms with Gasteiger partial charge >= 0.3 is 0 Å². The van der Waals surface area contributed by atoms with Gasteiger partial charge < -0.3 is 14.9 Å². The Morgan fingerprint density at radius 1 is 1.10 bits per heavy atom. The number of aliphatic hydroxyl groups excluding tert-OH is 1. The Balaban J connectivity index is 1.52. The molecule has 0 saturated carbocycles. The smallest absolute Gasteiger partial charge is 0.147 e. The highest BCUT2D eigenvalue weighted by atomic mass is 16.3. The molecule has 110 valence electrons. The average molecular weight is 276 g/mol. The molecule has 2 fully saturated rings. The van der Waals surface area contributed by atoms with Gasteiger partial charge in [-0.25, -0.2) is 4.98 Å². The van der Waals surface area contributed by atoms with Crippen LogP contribution in [0.25, 0.3) is 0 Å². The lowest BCUT2D eigenvalue weighted by Gasteiger charge is -2.34. The first-order chi connectivity index (χ1) is 9.85. The van der Waals surface area contributed by atoms with E-state index in [-0.39, 0.29) is 6.61 Å². The second-order valence-corrected chi connectivity index (χ2v) is 5.96. The van der Waals surface area contributed by atoms with Gasteiger partial charge in [-0.05, 0) is 44.7 Å². The van der Waals surface area contributed by atoms with Crippen LogP contribution in [0.5, 0.6) is 0 Å². The first-order valence-electron chi connectivity index (χ1n) is 7.74. The normalized spacial score (nSPS) is 21.6. The summed E-state index contributed by atoms with van der Waals surface area (Å²) < 4.78 is 0. The van der Waals surface area contributed by atoms with Crippen LogP contribution >= 0.6 is 0 Å². The minimum absolute atomic E-state index is 0.0355. The van der Waals surface area contributed by atoms with Crippen molar-refractivity contribution in [1.29, 1.82) is 0 Å². The molecule has 1 N–H and O–H groups in total. The number of anilines is 1. The fourth-order valence-electron chi connectivity index (χ4n) is 3.30. The molecule has 0 spiro atoms. The molecule has 2 aliphatic heterocycles. The molecule has 5 heteroatoms. The predicted octanol–water partition coefficient (Wildman–Crippen LogP) is 1.28. The van der Waals surface area contributed by atoms with Crippen molar-refractivity contribution >= 4 is 5.82 Å². The molecule has 0 aromatic carbocycles. The van der Waals surface area contributed by atoms with Crippen molar-refractivity contribution in [1.82, 2.24) is 14.9 Å². The Morgan fingerprint density at radius 3 is 2.55 bits per heavy atom. The number of aromatic nitrogens is 2. The fraction of sp³-hybridized carbons (Fsp3) is 0.733. The maximum atomic E-state index is 9.14. The van der Waals surface area contributed by atoms with Gasteiger partial charge in [0.05, 0.1) is 24.7 Å². The van der Waals surface area contributed by atoms with Crippen molar-refractivity contribution in [2.24, 2.45) is 5.92 Å². The van der Waals surface area contributed by atoms with Crippen LogP contribution in [-0.4, -0.2) is 52.7 Å². The average Bonchev–Trinajstić information content (AvgIpc) is 3.01. The summed E-state index contributed by atoms with van der Waals surface area (Å²) in [5, 5.41) is 9.14. The van der Waals surface area contributed by atoms with Gasteiger partial charge in [0.2, 0.25) is 0 Å². The fourth-order valence-corrected chi connectivity index (χ4v) is 3.30. The topological polar surface area (TPSA) is 52.5 Å². The van der Waals surface area contributed by atoms with Crippen molar-refractivity contribution in [2.45, 2.75) is 32.3 Å². The van der Waals surface area contributed by atoms with Crippen LogP contribution in [-0.2, 0) is 6.61 Å². The van der Waals surface area contributed by atoms with E-state index in [4.69, 9.17) is 5.11 Å². The van der Waals surface area contributed by atoms with Gasteiger partial charge in [0, 0.05) is 19.6 Å². The van der Waals surface area contributed by atoms with E-state index in [1.165, 1.54) is 45.3 Å². The van der Waals surface area contributed by atoms with Crippen LogP contribution in [0.2, 0.25) is 0 Å². The summed E-state index contributed by atoms with van der Waals surface area (Å²) in [4.78, 5) is 13.5. The molecule has 0 atom stereocenters. The maximum Gasteiger partial charge on any atom is 0.147 e. The van der Waals surface area contributed by atoms with Crippen LogP contribution in [0, 0.1) is 5.92 Å². The van der Waals surface area contributed by atoms with Gasteiger partial charge in [-0.15, -0.1) is 0 Å². The van der Waals surface area contributed by atoms with Gasteiger partial charge in [0.1, 0.15) is 5.82 Å². The summed E-state index contributed by atoms with van der Waals surface area (Å²) in [6.07, 6.45) is 8.66. The highest BCUT2D eigenvalue weighted by Crippen LogP contribution is 2.23. The Kier molecular flexibility index (Phi) is 4.47. The van der Waals surface area contributed by atoms with Gasteiger partial charge in [-0.1, -0.05) is 0 Å². The third kappa shape index (κ3) is 3.27. The first kappa shape index (κ1) is 13.8. The summed E-state index contributed by atoms with van der Waals surface area (Å²) in [5.74, 6) is 1.74. The summed E-state index contributed by atoms with van der Waals surface area (Å²) in [7, 11) is 0. The lowest BCUT2D eigenvalue weighted by molar-refractivity contribution is 0.249. The number of nitrogens with zero attached hydrogens (tertiary/aromatic N) is 4. The van der Waals surface area contributed by atoms with Crippen molar-refractivity contribution < 1.29 is 5.11 Å². The second kappa shape index (κ2) is 6.50.